The first-order chi connectivity index (χ1) is 14.0. The lowest BCUT2D eigenvalue weighted by atomic mass is 10.2. The number of nitrogens with one attached hydrogen (secondary N) is 2. The van der Waals surface area contributed by atoms with Crippen LogP contribution in [0.25, 0.3) is 11.5 Å². The maximum absolute atomic E-state index is 12.4. The van der Waals surface area contributed by atoms with Gasteiger partial charge in [0, 0.05) is 23.9 Å². The van der Waals surface area contributed by atoms with Gasteiger partial charge in [-0.05, 0) is 49.4 Å². The second kappa shape index (κ2) is 7.67. The van der Waals surface area contributed by atoms with Crippen LogP contribution < -0.4 is 20.1 Å². The van der Waals surface area contributed by atoms with Crippen molar-refractivity contribution in [2.24, 2.45) is 0 Å². The van der Waals surface area contributed by atoms with Gasteiger partial charge in [-0.3, -0.25) is 9.59 Å². The van der Waals surface area contributed by atoms with E-state index in [0.717, 1.165) is 5.56 Å². The molecule has 2 aromatic carbocycles. The number of carbonyl (C=O) groups is 2. The molecule has 1 aliphatic rings. The minimum Gasteiger partial charge on any atom is -0.454 e. The third-order valence-electron chi connectivity index (χ3n) is 4.33. The number of rotatable bonds is 5. The van der Waals surface area contributed by atoms with Crippen molar-refractivity contribution in [1.29, 1.82) is 0 Å². The highest BCUT2D eigenvalue weighted by molar-refractivity contribution is 5.93. The second-order valence-electron chi connectivity index (χ2n) is 6.57. The molecular weight excluding hydrogens is 374 g/mol. The Bertz CT molecular complexity index is 1070. The molecule has 0 bridgehead atoms. The largest absolute Gasteiger partial charge is 0.454 e. The fourth-order valence-corrected chi connectivity index (χ4v) is 2.94. The normalized spacial score (nSPS) is 11.9. The summed E-state index contributed by atoms with van der Waals surface area (Å²) in [6.45, 7) is 3.41. The van der Waals surface area contributed by atoms with E-state index in [9.17, 15) is 9.59 Å². The number of nitrogens with zero attached hydrogens (tertiary/aromatic N) is 1. The predicted octanol–water partition coefficient (Wildman–Crippen LogP) is 3.52. The third kappa shape index (κ3) is 4.21. The smallest absolute Gasteiger partial charge is 0.231 e. The van der Waals surface area contributed by atoms with E-state index in [0.29, 0.717) is 40.2 Å². The van der Waals surface area contributed by atoms with E-state index >= 15 is 0 Å². The molecule has 3 aromatic rings. The van der Waals surface area contributed by atoms with Gasteiger partial charge in [-0.1, -0.05) is 0 Å². The molecule has 0 saturated heterocycles. The first-order valence-corrected chi connectivity index (χ1v) is 9.02. The fraction of sp³-hybridized carbons (Fsp3) is 0.190. The van der Waals surface area contributed by atoms with Gasteiger partial charge in [0.1, 0.15) is 5.76 Å². The highest BCUT2D eigenvalue weighted by Crippen LogP contribution is 2.36. The summed E-state index contributed by atoms with van der Waals surface area (Å²) in [6, 6.07) is 12.3. The minimum absolute atomic E-state index is 0.0767. The lowest BCUT2D eigenvalue weighted by molar-refractivity contribution is -0.116. The van der Waals surface area contributed by atoms with Crippen molar-refractivity contribution in [1.82, 2.24) is 4.98 Å². The van der Waals surface area contributed by atoms with Crippen molar-refractivity contribution in [2.75, 3.05) is 17.4 Å². The van der Waals surface area contributed by atoms with Crippen LogP contribution >= 0.6 is 0 Å². The van der Waals surface area contributed by atoms with Gasteiger partial charge in [0.15, 0.2) is 11.5 Å². The minimum atomic E-state index is -0.217. The summed E-state index contributed by atoms with van der Waals surface area (Å²) in [5, 5.41) is 5.49. The van der Waals surface area contributed by atoms with Crippen LogP contribution in [0.4, 0.5) is 11.4 Å². The Morgan fingerprint density at radius 2 is 1.69 bits per heavy atom. The monoisotopic (exact) mass is 393 g/mol. The van der Waals surface area contributed by atoms with Crippen molar-refractivity contribution in [3.8, 4) is 23.0 Å². The molecule has 0 fully saturated rings. The number of hydrogen-bond donors (Lipinski definition) is 2. The average Bonchev–Trinajstić information content (AvgIpc) is 3.29. The number of anilines is 2. The molecule has 0 unspecified atom stereocenters. The SMILES string of the molecule is CC(=O)Nc1ccc(NC(=O)Cc2nc(-c3ccc4c(c3)OCO4)oc2C)cc1. The Hall–Kier alpha value is -3.81. The van der Waals surface area contributed by atoms with E-state index in [-0.39, 0.29) is 25.0 Å². The number of hydrogen-bond acceptors (Lipinski definition) is 6. The molecule has 1 aromatic heterocycles. The molecule has 2 heterocycles. The van der Waals surface area contributed by atoms with E-state index in [1.807, 2.05) is 6.07 Å². The molecule has 148 valence electrons. The van der Waals surface area contributed by atoms with Gasteiger partial charge in [-0.25, -0.2) is 4.98 Å². The topological polar surface area (TPSA) is 103 Å². The summed E-state index contributed by atoms with van der Waals surface area (Å²) < 4.78 is 16.4. The second-order valence-corrected chi connectivity index (χ2v) is 6.57. The predicted molar refractivity (Wildman–Crippen MR) is 106 cm³/mol. The van der Waals surface area contributed by atoms with Crippen LogP contribution in [0.1, 0.15) is 18.4 Å². The van der Waals surface area contributed by atoms with Crippen LogP contribution in [-0.4, -0.2) is 23.6 Å². The molecule has 8 heteroatoms. The van der Waals surface area contributed by atoms with E-state index in [1.54, 1.807) is 43.3 Å². The Morgan fingerprint density at radius 3 is 2.41 bits per heavy atom. The van der Waals surface area contributed by atoms with Crippen molar-refractivity contribution >= 4 is 23.2 Å². The van der Waals surface area contributed by atoms with Gasteiger partial charge in [0.2, 0.25) is 24.5 Å². The number of benzene rings is 2. The van der Waals surface area contributed by atoms with Crippen LogP contribution in [0.15, 0.2) is 46.9 Å². The molecule has 2 amide bonds. The maximum Gasteiger partial charge on any atom is 0.231 e. The maximum atomic E-state index is 12.4. The van der Waals surface area contributed by atoms with Gasteiger partial charge in [0.25, 0.3) is 0 Å². The van der Waals surface area contributed by atoms with Gasteiger partial charge in [0.05, 0.1) is 12.1 Å². The number of fused-ring (bicyclic) bond motifs is 1. The van der Waals surface area contributed by atoms with Gasteiger partial charge < -0.3 is 24.5 Å². The molecule has 4 rings (SSSR count). The molecule has 2 N–H and O–H groups in total. The van der Waals surface area contributed by atoms with E-state index in [2.05, 4.69) is 15.6 Å². The lowest BCUT2D eigenvalue weighted by Gasteiger charge is -2.06. The number of carbonyl (C=O) groups excluding carboxylic acids is 2. The van der Waals surface area contributed by atoms with Gasteiger partial charge in [-0.2, -0.15) is 0 Å². The Labute approximate surface area is 166 Å². The molecule has 0 atom stereocenters. The summed E-state index contributed by atoms with van der Waals surface area (Å²) in [4.78, 5) is 27.9. The van der Waals surface area contributed by atoms with E-state index in [4.69, 9.17) is 13.9 Å². The summed E-state index contributed by atoms with van der Waals surface area (Å²) >= 11 is 0. The van der Waals surface area contributed by atoms with E-state index in [1.165, 1.54) is 6.92 Å². The molecular formula is C21H19N3O5. The third-order valence-corrected chi connectivity index (χ3v) is 4.33. The Balaban J connectivity index is 1.43. The zero-order valence-corrected chi connectivity index (χ0v) is 15.9. The molecule has 0 aliphatic carbocycles. The van der Waals surface area contributed by atoms with Crippen molar-refractivity contribution < 1.29 is 23.5 Å². The highest BCUT2D eigenvalue weighted by atomic mass is 16.7. The number of aryl methyl sites for hydroxylation is 1. The fourth-order valence-electron chi connectivity index (χ4n) is 2.94. The lowest BCUT2D eigenvalue weighted by Crippen LogP contribution is -2.15. The first-order valence-electron chi connectivity index (χ1n) is 9.02. The molecule has 29 heavy (non-hydrogen) atoms. The standard InChI is InChI=1S/C21H19N3O5/c1-12-17(10-20(26)23-16-6-4-15(5-7-16)22-13(2)25)24-21(29-12)14-3-8-18-19(9-14)28-11-27-18/h3-9H,10-11H2,1-2H3,(H,22,25)(H,23,26). The molecule has 0 spiro atoms. The molecule has 1 aliphatic heterocycles. The zero-order valence-electron chi connectivity index (χ0n) is 15.9. The number of ether oxygens (including phenoxy) is 2. The molecule has 0 saturated carbocycles. The molecule has 0 radical (unpaired) electrons. The van der Waals surface area contributed by atoms with Gasteiger partial charge in [-0.15, -0.1) is 0 Å². The van der Waals surface area contributed by atoms with Crippen molar-refractivity contribution in [2.45, 2.75) is 20.3 Å². The summed E-state index contributed by atoms with van der Waals surface area (Å²) in [7, 11) is 0. The summed E-state index contributed by atoms with van der Waals surface area (Å²) in [5.41, 5.74) is 2.60. The summed E-state index contributed by atoms with van der Waals surface area (Å²) in [5.74, 6) is 1.95. The highest BCUT2D eigenvalue weighted by Gasteiger charge is 2.18. The Morgan fingerprint density at radius 1 is 1.00 bits per heavy atom. The number of oxazole rings is 1. The Kier molecular flexibility index (Phi) is 4.90. The van der Waals surface area contributed by atoms with Crippen molar-refractivity contribution in [3.63, 3.8) is 0 Å². The zero-order chi connectivity index (χ0) is 20.4. The van der Waals surface area contributed by atoms with Crippen LogP contribution in [0.3, 0.4) is 0 Å². The molecule has 8 nitrogen and oxygen atoms in total. The average molecular weight is 393 g/mol. The first kappa shape index (κ1) is 18.5. The van der Waals surface area contributed by atoms with Crippen LogP contribution in [0.2, 0.25) is 0 Å². The van der Waals surface area contributed by atoms with Crippen LogP contribution in [-0.2, 0) is 16.0 Å². The number of aromatic nitrogens is 1. The van der Waals surface area contributed by atoms with Gasteiger partial charge >= 0.3 is 0 Å². The van der Waals surface area contributed by atoms with Crippen LogP contribution in [0, 0.1) is 6.92 Å². The van der Waals surface area contributed by atoms with Crippen molar-refractivity contribution in [3.05, 3.63) is 53.9 Å². The quantitative estimate of drug-likeness (QED) is 0.688. The van der Waals surface area contributed by atoms with E-state index < -0.39 is 0 Å². The van der Waals surface area contributed by atoms with Crippen LogP contribution in [0.5, 0.6) is 11.5 Å². The summed E-state index contributed by atoms with van der Waals surface area (Å²) in [6.07, 6.45) is 0.0767. The number of amides is 2.